The molecule has 6 heteroatoms. The van der Waals surface area contributed by atoms with Crippen molar-refractivity contribution in [3.05, 3.63) is 40.1 Å². The van der Waals surface area contributed by atoms with Gasteiger partial charge in [0.1, 0.15) is 10.7 Å². The van der Waals surface area contributed by atoms with E-state index in [0.717, 1.165) is 21.3 Å². The number of aromatic carboxylic acids is 1. The summed E-state index contributed by atoms with van der Waals surface area (Å²) in [6, 6.07) is 3.40. The maximum Gasteiger partial charge on any atom is 0.354 e. The third kappa shape index (κ3) is 3.80. The first-order valence-corrected chi connectivity index (χ1v) is 8.00. The zero-order valence-electron chi connectivity index (χ0n) is 11.6. The van der Waals surface area contributed by atoms with Gasteiger partial charge in [-0.05, 0) is 12.1 Å². The summed E-state index contributed by atoms with van der Waals surface area (Å²) < 4.78 is 0. The van der Waals surface area contributed by atoms with Crippen molar-refractivity contribution in [2.24, 2.45) is 0 Å². The van der Waals surface area contributed by atoms with Crippen LogP contribution in [0.3, 0.4) is 0 Å². The van der Waals surface area contributed by atoms with Crippen molar-refractivity contribution >= 4 is 29.1 Å². The van der Waals surface area contributed by atoms with Crippen molar-refractivity contribution < 1.29 is 9.90 Å². The third-order valence-corrected chi connectivity index (χ3v) is 4.67. The molecule has 4 nitrogen and oxygen atoms in total. The highest BCUT2D eigenvalue weighted by atomic mass is 32.2. The van der Waals surface area contributed by atoms with E-state index in [0.29, 0.717) is 0 Å². The summed E-state index contributed by atoms with van der Waals surface area (Å²) >= 11 is 3.22. The van der Waals surface area contributed by atoms with Crippen LogP contribution in [-0.2, 0) is 11.2 Å². The number of pyridine rings is 1. The highest BCUT2D eigenvalue weighted by Crippen LogP contribution is 2.28. The molecule has 0 saturated carbocycles. The Bertz CT molecular complexity index is 618. The van der Waals surface area contributed by atoms with Gasteiger partial charge >= 0.3 is 5.97 Å². The zero-order valence-corrected chi connectivity index (χ0v) is 13.2. The molecular weight excluding hydrogens is 292 g/mol. The molecule has 20 heavy (non-hydrogen) atoms. The first kappa shape index (κ1) is 15.0. The van der Waals surface area contributed by atoms with Gasteiger partial charge in [0.05, 0.1) is 11.4 Å². The molecule has 0 radical (unpaired) electrons. The number of nitrogens with zero attached hydrogens (tertiary/aromatic N) is 2. The molecule has 0 fully saturated rings. The van der Waals surface area contributed by atoms with Crippen LogP contribution in [0.1, 0.15) is 42.0 Å². The Morgan fingerprint density at radius 2 is 2.20 bits per heavy atom. The van der Waals surface area contributed by atoms with E-state index in [2.05, 4.69) is 36.1 Å². The summed E-state index contributed by atoms with van der Waals surface area (Å²) in [4.78, 5) is 20.2. The van der Waals surface area contributed by atoms with E-state index in [4.69, 9.17) is 5.11 Å². The summed E-state index contributed by atoms with van der Waals surface area (Å²) in [5, 5.41) is 12.0. The molecule has 0 unspecified atom stereocenters. The van der Waals surface area contributed by atoms with Gasteiger partial charge in [-0.25, -0.2) is 14.8 Å². The van der Waals surface area contributed by atoms with Crippen LogP contribution in [0.15, 0.2) is 28.6 Å². The molecule has 0 atom stereocenters. The van der Waals surface area contributed by atoms with Crippen LogP contribution >= 0.6 is 23.1 Å². The minimum Gasteiger partial charge on any atom is -0.477 e. The van der Waals surface area contributed by atoms with Gasteiger partial charge in [0.25, 0.3) is 0 Å². The van der Waals surface area contributed by atoms with Crippen LogP contribution in [0, 0.1) is 0 Å². The number of carbonyl (C=O) groups is 1. The standard InChI is InChI=1S/C14H16N2O2S2/c1-14(2,3)11-7-20-12(16-11)8-19-9-4-5-15-10(6-9)13(17)18/h4-7H,8H2,1-3H3,(H,17,18). The molecule has 2 rings (SSSR count). The molecule has 0 spiro atoms. The van der Waals surface area contributed by atoms with Crippen molar-refractivity contribution in [3.63, 3.8) is 0 Å². The average Bonchev–Trinajstić information content (AvgIpc) is 2.85. The van der Waals surface area contributed by atoms with E-state index >= 15 is 0 Å². The fourth-order valence-corrected chi connectivity index (χ4v) is 3.45. The van der Waals surface area contributed by atoms with Crippen LogP contribution in [-0.4, -0.2) is 21.0 Å². The minimum atomic E-state index is -1.00. The van der Waals surface area contributed by atoms with Crippen molar-refractivity contribution in [2.75, 3.05) is 0 Å². The van der Waals surface area contributed by atoms with E-state index in [-0.39, 0.29) is 11.1 Å². The van der Waals surface area contributed by atoms with Crippen molar-refractivity contribution in [3.8, 4) is 0 Å². The van der Waals surface area contributed by atoms with Crippen LogP contribution < -0.4 is 0 Å². The number of aromatic nitrogens is 2. The Morgan fingerprint density at radius 3 is 2.80 bits per heavy atom. The Morgan fingerprint density at radius 1 is 1.45 bits per heavy atom. The SMILES string of the molecule is CC(C)(C)c1csc(CSc2ccnc(C(=O)O)c2)n1. The quantitative estimate of drug-likeness (QED) is 0.870. The molecule has 0 saturated heterocycles. The van der Waals surface area contributed by atoms with E-state index in [1.54, 1.807) is 29.2 Å². The Kier molecular flexibility index (Phi) is 4.45. The highest BCUT2D eigenvalue weighted by Gasteiger charge is 2.17. The molecule has 2 heterocycles. The van der Waals surface area contributed by atoms with Gasteiger partial charge < -0.3 is 5.11 Å². The summed E-state index contributed by atoms with van der Waals surface area (Å²) in [6.07, 6.45) is 1.52. The molecule has 0 aliphatic rings. The molecule has 1 N–H and O–H groups in total. The Labute approximate surface area is 126 Å². The van der Waals surface area contributed by atoms with E-state index in [1.807, 2.05) is 6.07 Å². The lowest BCUT2D eigenvalue weighted by atomic mass is 9.93. The van der Waals surface area contributed by atoms with Crippen molar-refractivity contribution in [1.29, 1.82) is 0 Å². The van der Waals surface area contributed by atoms with E-state index < -0.39 is 5.97 Å². The van der Waals surface area contributed by atoms with E-state index in [1.165, 1.54) is 6.20 Å². The first-order valence-electron chi connectivity index (χ1n) is 6.13. The van der Waals surface area contributed by atoms with Crippen molar-refractivity contribution in [2.45, 2.75) is 36.8 Å². The minimum absolute atomic E-state index is 0.0621. The number of hydrogen-bond donors (Lipinski definition) is 1. The molecule has 0 aromatic carbocycles. The average molecular weight is 308 g/mol. The number of thiazole rings is 1. The molecule has 2 aromatic heterocycles. The molecule has 0 aliphatic carbocycles. The molecule has 0 bridgehead atoms. The topological polar surface area (TPSA) is 63.1 Å². The fourth-order valence-electron chi connectivity index (χ4n) is 1.48. The number of carboxylic acid groups (broad SMARTS) is 1. The smallest absolute Gasteiger partial charge is 0.354 e. The number of carboxylic acids is 1. The molecule has 0 amide bonds. The molecule has 2 aromatic rings. The maximum atomic E-state index is 10.9. The van der Waals surface area contributed by atoms with Gasteiger partial charge in [0.15, 0.2) is 0 Å². The van der Waals surface area contributed by atoms with Gasteiger partial charge in [-0.1, -0.05) is 20.8 Å². The molecular formula is C14H16N2O2S2. The second-order valence-corrected chi connectivity index (χ2v) is 7.34. The lowest BCUT2D eigenvalue weighted by Crippen LogP contribution is -2.11. The lowest BCUT2D eigenvalue weighted by Gasteiger charge is -2.14. The predicted molar refractivity (Wildman–Crippen MR) is 81.6 cm³/mol. The fraction of sp³-hybridized carbons (Fsp3) is 0.357. The number of rotatable bonds is 4. The predicted octanol–water partition coefficient (Wildman–Crippen LogP) is 3.83. The second kappa shape index (κ2) is 5.93. The van der Waals surface area contributed by atoms with Gasteiger partial charge in [-0.3, -0.25) is 0 Å². The first-order chi connectivity index (χ1) is 9.36. The largest absolute Gasteiger partial charge is 0.477 e. The van der Waals surface area contributed by atoms with Gasteiger partial charge in [0, 0.05) is 21.9 Å². The summed E-state index contributed by atoms with van der Waals surface area (Å²) in [5.41, 5.74) is 1.23. The van der Waals surface area contributed by atoms with Gasteiger partial charge in [-0.15, -0.1) is 23.1 Å². The second-order valence-electron chi connectivity index (χ2n) is 5.35. The zero-order chi connectivity index (χ0) is 14.8. The number of hydrogen-bond acceptors (Lipinski definition) is 5. The van der Waals surface area contributed by atoms with E-state index in [9.17, 15) is 4.79 Å². The monoisotopic (exact) mass is 308 g/mol. The van der Waals surface area contributed by atoms with Crippen LogP contribution in [0.25, 0.3) is 0 Å². The Hall–Kier alpha value is -1.40. The molecule has 106 valence electrons. The number of thioether (sulfide) groups is 1. The summed E-state index contributed by atoms with van der Waals surface area (Å²) in [6.45, 7) is 6.42. The van der Waals surface area contributed by atoms with Gasteiger partial charge in [0.2, 0.25) is 0 Å². The van der Waals surface area contributed by atoms with Crippen LogP contribution in [0.5, 0.6) is 0 Å². The Balaban J connectivity index is 2.04. The normalized spacial score (nSPS) is 11.6. The van der Waals surface area contributed by atoms with Gasteiger partial charge in [-0.2, -0.15) is 0 Å². The maximum absolute atomic E-state index is 10.9. The molecule has 0 aliphatic heterocycles. The van der Waals surface area contributed by atoms with Crippen LogP contribution in [0.4, 0.5) is 0 Å². The third-order valence-electron chi connectivity index (χ3n) is 2.63. The van der Waals surface area contributed by atoms with Crippen LogP contribution in [0.2, 0.25) is 0 Å². The van der Waals surface area contributed by atoms with Crippen molar-refractivity contribution in [1.82, 2.24) is 9.97 Å². The summed E-state index contributed by atoms with van der Waals surface area (Å²) in [5.74, 6) is -0.263. The highest BCUT2D eigenvalue weighted by molar-refractivity contribution is 7.98. The summed E-state index contributed by atoms with van der Waals surface area (Å²) in [7, 11) is 0. The lowest BCUT2D eigenvalue weighted by molar-refractivity contribution is 0.0690.